The lowest BCUT2D eigenvalue weighted by Gasteiger charge is -1.94. The molecule has 1 rings (SSSR count). The molecular weight excluding hydrogens is 138 g/mol. The first-order valence-corrected chi connectivity index (χ1v) is 3.70. The number of hydrogen-bond donors (Lipinski definition) is 0. The van der Waals surface area contributed by atoms with Gasteiger partial charge in [-0.25, -0.2) is 0 Å². The van der Waals surface area contributed by atoms with Gasteiger partial charge in [-0.15, -0.1) is 0 Å². The van der Waals surface area contributed by atoms with E-state index in [9.17, 15) is 4.79 Å². The average Bonchev–Trinajstić information content (AvgIpc) is 2.07. The highest BCUT2D eigenvalue weighted by Gasteiger charge is 2.02. The minimum absolute atomic E-state index is 0.126. The van der Waals surface area contributed by atoms with Gasteiger partial charge >= 0.3 is 0 Å². The Balaban J connectivity index is 2.69. The molecule has 0 N–H and O–H groups in total. The van der Waals surface area contributed by atoms with E-state index in [0.717, 1.165) is 6.42 Å². The third-order valence-electron chi connectivity index (χ3n) is 1.39. The molecule has 1 aromatic heterocycles. The van der Waals surface area contributed by atoms with Crippen LogP contribution in [0.15, 0.2) is 18.3 Å². The average molecular weight is 148 g/mol. The zero-order valence-corrected chi connectivity index (χ0v) is 6.50. The third-order valence-corrected chi connectivity index (χ3v) is 1.39. The molecule has 1 aromatic rings. The van der Waals surface area contributed by atoms with Gasteiger partial charge in [0, 0.05) is 18.2 Å². The van der Waals surface area contributed by atoms with Crippen LogP contribution < -0.4 is 0 Å². The van der Waals surface area contributed by atoms with Crippen molar-refractivity contribution in [2.75, 3.05) is 0 Å². The molecule has 0 aliphatic heterocycles. The Morgan fingerprint density at radius 3 is 3.09 bits per heavy atom. The summed E-state index contributed by atoms with van der Waals surface area (Å²) in [7, 11) is 0. The Labute approximate surface area is 66.3 Å². The van der Waals surface area contributed by atoms with Gasteiger partial charge in [0.2, 0.25) is 0 Å². The smallest absolute Gasteiger partial charge is 0.165 e. The predicted octanol–water partition coefficient (Wildman–Crippen LogP) is 1.86. The minimum Gasteiger partial charge on any atom is -0.294 e. The molecule has 0 saturated heterocycles. The van der Waals surface area contributed by atoms with Crippen LogP contribution in [0.3, 0.4) is 0 Å². The van der Waals surface area contributed by atoms with Gasteiger partial charge in [0.15, 0.2) is 5.78 Å². The number of nitrogens with zero attached hydrogens (tertiary/aromatic N) is 1. The Morgan fingerprint density at radius 1 is 1.73 bits per heavy atom. The van der Waals surface area contributed by atoms with E-state index in [1.54, 1.807) is 18.3 Å². The molecule has 0 fully saturated rings. The zero-order chi connectivity index (χ0) is 8.10. The van der Waals surface area contributed by atoms with Gasteiger partial charge in [-0.3, -0.25) is 9.78 Å². The van der Waals surface area contributed by atoms with Crippen LogP contribution in [0.5, 0.6) is 0 Å². The Bertz CT molecular complexity index is 231. The summed E-state index contributed by atoms with van der Waals surface area (Å²) in [6.45, 7) is 1.98. The van der Waals surface area contributed by atoms with Crippen molar-refractivity contribution in [3.8, 4) is 0 Å². The van der Waals surface area contributed by atoms with Gasteiger partial charge in [0.25, 0.3) is 0 Å². The summed E-state index contributed by atoms with van der Waals surface area (Å²) in [6.07, 6.45) is 5.73. The summed E-state index contributed by atoms with van der Waals surface area (Å²) in [5.74, 6) is 0.126. The molecular formula is C9H10NO. The summed E-state index contributed by atoms with van der Waals surface area (Å²) < 4.78 is 0. The van der Waals surface area contributed by atoms with Crippen molar-refractivity contribution in [1.82, 2.24) is 4.98 Å². The van der Waals surface area contributed by atoms with Crippen LogP contribution in [0.25, 0.3) is 0 Å². The largest absolute Gasteiger partial charge is 0.294 e. The van der Waals surface area contributed by atoms with Gasteiger partial charge < -0.3 is 0 Å². The van der Waals surface area contributed by atoms with Crippen LogP contribution in [0.4, 0.5) is 0 Å². The highest BCUT2D eigenvalue weighted by Crippen LogP contribution is 2.01. The van der Waals surface area contributed by atoms with Gasteiger partial charge in [-0.2, -0.15) is 0 Å². The predicted molar refractivity (Wildman–Crippen MR) is 42.3 cm³/mol. The van der Waals surface area contributed by atoms with E-state index in [1.165, 1.54) is 0 Å². The Kier molecular flexibility index (Phi) is 2.78. The van der Waals surface area contributed by atoms with Gasteiger partial charge in [-0.05, 0) is 18.6 Å². The molecule has 0 amide bonds. The van der Waals surface area contributed by atoms with E-state index in [0.29, 0.717) is 12.0 Å². The van der Waals surface area contributed by atoms with Crippen LogP contribution in [-0.4, -0.2) is 10.8 Å². The van der Waals surface area contributed by atoms with Crippen LogP contribution >= 0.6 is 0 Å². The quantitative estimate of drug-likeness (QED) is 0.612. The molecule has 57 valence electrons. The molecule has 0 atom stereocenters. The number of carbonyl (C=O) groups excluding carboxylic acids is 1. The van der Waals surface area contributed by atoms with E-state index >= 15 is 0 Å². The number of Topliss-reactive ketones (excluding diaryl/α,β-unsaturated/α-hetero) is 1. The summed E-state index contributed by atoms with van der Waals surface area (Å²) in [5.41, 5.74) is 0.592. The highest BCUT2D eigenvalue weighted by molar-refractivity contribution is 5.95. The van der Waals surface area contributed by atoms with Crippen LogP contribution in [-0.2, 0) is 0 Å². The van der Waals surface area contributed by atoms with E-state index in [1.807, 2.05) is 6.92 Å². The number of aromatic nitrogens is 1. The maximum atomic E-state index is 11.2. The normalized spacial score (nSPS) is 9.55. The first kappa shape index (κ1) is 7.92. The molecule has 2 heteroatoms. The number of hydrogen-bond acceptors (Lipinski definition) is 2. The van der Waals surface area contributed by atoms with Crippen molar-refractivity contribution < 1.29 is 4.79 Å². The zero-order valence-electron chi connectivity index (χ0n) is 6.50. The van der Waals surface area contributed by atoms with E-state index < -0.39 is 0 Å². The molecule has 1 radical (unpaired) electrons. The van der Waals surface area contributed by atoms with Crippen molar-refractivity contribution in [1.29, 1.82) is 0 Å². The second-order valence-corrected chi connectivity index (χ2v) is 2.34. The van der Waals surface area contributed by atoms with Crippen LogP contribution in [0.2, 0.25) is 0 Å². The fourth-order valence-electron chi connectivity index (χ4n) is 0.843. The van der Waals surface area contributed by atoms with E-state index in [-0.39, 0.29) is 5.78 Å². The number of carbonyl (C=O) groups is 1. The van der Waals surface area contributed by atoms with Crippen LogP contribution in [0, 0.1) is 6.20 Å². The molecule has 0 bridgehead atoms. The van der Waals surface area contributed by atoms with Crippen molar-refractivity contribution in [2.24, 2.45) is 0 Å². The van der Waals surface area contributed by atoms with Crippen LogP contribution in [0.1, 0.15) is 30.1 Å². The first-order chi connectivity index (χ1) is 5.34. The minimum atomic E-state index is 0.126. The maximum Gasteiger partial charge on any atom is 0.165 e. The van der Waals surface area contributed by atoms with E-state index in [2.05, 4.69) is 11.2 Å². The molecule has 0 unspecified atom stereocenters. The third kappa shape index (κ3) is 2.15. The summed E-state index contributed by atoms with van der Waals surface area (Å²) in [4.78, 5) is 14.9. The second-order valence-electron chi connectivity index (χ2n) is 2.34. The maximum absolute atomic E-state index is 11.2. The van der Waals surface area contributed by atoms with Gasteiger partial charge in [-0.1, -0.05) is 6.92 Å². The lowest BCUT2D eigenvalue weighted by Crippen LogP contribution is -1.98. The molecule has 0 aromatic carbocycles. The number of pyridine rings is 1. The van der Waals surface area contributed by atoms with E-state index in [4.69, 9.17) is 0 Å². The monoisotopic (exact) mass is 148 g/mol. The Morgan fingerprint density at radius 2 is 2.55 bits per heavy atom. The number of rotatable bonds is 3. The van der Waals surface area contributed by atoms with Gasteiger partial charge in [0.1, 0.15) is 6.20 Å². The molecule has 0 spiro atoms. The lowest BCUT2D eigenvalue weighted by atomic mass is 10.1. The molecule has 0 aliphatic carbocycles. The lowest BCUT2D eigenvalue weighted by molar-refractivity contribution is 0.0981. The summed E-state index contributed by atoms with van der Waals surface area (Å²) in [6, 6.07) is 3.49. The van der Waals surface area contributed by atoms with Crippen molar-refractivity contribution in [3.05, 3.63) is 30.1 Å². The summed E-state index contributed by atoms with van der Waals surface area (Å²) in [5, 5.41) is 0. The SMILES string of the molecule is CCCC(=O)c1[c]nccc1. The molecule has 2 nitrogen and oxygen atoms in total. The fraction of sp³-hybridized carbons (Fsp3) is 0.333. The molecule has 0 saturated carbocycles. The first-order valence-electron chi connectivity index (χ1n) is 3.70. The highest BCUT2D eigenvalue weighted by atomic mass is 16.1. The van der Waals surface area contributed by atoms with Crippen molar-refractivity contribution in [2.45, 2.75) is 19.8 Å². The molecule has 1 heterocycles. The topological polar surface area (TPSA) is 30.0 Å². The molecule has 0 aliphatic rings. The fourth-order valence-corrected chi connectivity index (χ4v) is 0.843. The standard InChI is InChI=1S/C9H10NO/c1-2-4-9(11)8-5-3-6-10-7-8/h3,5-6H,2,4H2,1H3. The second kappa shape index (κ2) is 3.86. The van der Waals surface area contributed by atoms with Crippen molar-refractivity contribution >= 4 is 5.78 Å². The van der Waals surface area contributed by atoms with Crippen molar-refractivity contribution in [3.63, 3.8) is 0 Å². The number of ketones is 1. The Hall–Kier alpha value is -1.18. The summed E-state index contributed by atoms with van der Waals surface area (Å²) >= 11 is 0. The van der Waals surface area contributed by atoms with Gasteiger partial charge in [0.05, 0.1) is 0 Å². The molecule has 11 heavy (non-hydrogen) atoms.